The van der Waals surface area contributed by atoms with E-state index in [0.29, 0.717) is 0 Å². The van der Waals surface area contributed by atoms with Crippen LogP contribution in [0.4, 0.5) is 0 Å². The summed E-state index contributed by atoms with van der Waals surface area (Å²) in [5.41, 5.74) is 0. The van der Waals surface area contributed by atoms with Crippen molar-refractivity contribution in [2.75, 3.05) is 26.4 Å². The molecule has 0 aromatic carbocycles. The Labute approximate surface area is 193 Å². The molecule has 0 N–H and O–H groups in total. The van der Waals surface area contributed by atoms with Gasteiger partial charge in [0.2, 0.25) is 0 Å². The zero-order valence-electron chi connectivity index (χ0n) is 14.6. The summed E-state index contributed by atoms with van der Waals surface area (Å²) in [5.74, 6) is 0. The van der Waals surface area contributed by atoms with Gasteiger partial charge in [-0.3, -0.25) is 0 Å². The van der Waals surface area contributed by atoms with E-state index in [-0.39, 0.29) is 70.9 Å². The van der Waals surface area contributed by atoms with E-state index in [1.807, 2.05) is 26.4 Å². The maximum Gasteiger partial charge on any atom is 2.00 e. The zero-order valence-corrected chi connectivity index (χ0v) is 18.9. The van der Waals surface area contributed by atoms with Crippen LogP contribution in [0.25, 0.3) is 0 Å². The molecule has 4 heterocycles. The molecule has 0 amide bonds. The minimum Gasteiger partial charge on any atom is -1.00 e. The molecule has 4 nitrogen and oxygen atoms in total. The molecule has 0 aromatic rings. The summed E-state index contributed by atoms with van der Waals surface area (Å²) < 4.78 is 19.3. The smallest absolute Gasteiger partial charge is 1.00 e. The maximum atomic E-state index is 4.82. The molecule has 0 atom stereocenters. The Balaban J connectivity index is -0.000000105. The van der Waals surface area contributed by atoms with E-state index in [9.17, 15) is 0 Å². The van der Waals surface area contributed by atoms with Gasteiger partial charge in [-0.05, 0) is 0 Å². The first-order valence-electron chi connectivity index (χ1n) is 7.73. The number of ether oxygens (including phenoxy) is 4. The standard InChI is InChI=1S/4C4H7O.2ClH.2Mg/c4*1-2-4-5-3-1;;;;/h4*3H,1-2,4H2;2*1H;;/q4*-1;;;2*+2/p-2. The summed E-state index contributed by atoms with van der Waals surface area (Å²) in [6.45, 7) is 11.2. The first-order valence-corrected chi connectivity index (χ1v) is 7.73. The fraction of sp³-hybridized carbons (Fsp3) is 0.750. The fourth-order valence-electron chi connectivity index (χ4n) is 1.67. The van der Waals surface area contributed by atoms with Crippen LogP contribution in [-0.4, -0.2) is 72.5 Å². The quantitative estimate of drug-likeness (QED) is 0.321. The SMILES string of the molecule is [CH-]1CCCO1.[CH-]1CCCO1.[CH-]1CCCO1.[CH-]1CCCO1.[Cl-].[Cl-].[Mg+2].[Mg+2]. The Hall–Kier alpha value is 1.95. The molecular weight excluding hydrogens is 376 g/mol. The predicted octanol–water partition coefficient (Wildman–Crippen LogP) is -2.92. The summed E-state index contributed by atoms with van der Waals surface area (Å²) in [6, 6.07) is 0. The largest absolute Gasteiger partial charge is 2.00 e. The number of hydrogen-bond acceptors (Lipinski definition) is 4. The summed E-state index contributed by atoms with van der Waals surface area (Å²) in [4.78, 5) is 0. The van der Waals surface area contributed by atoms with Gasteiger partial charge < -0.3 is 43.8 Å². The summed E-state index contributed by atoms with van der Waals surface area (Å²) in [7, 11) is 0. The molecule has 0 spiro atoms. The minimum atomic E-state index is 0. The van der Waals surface area contributed by atoms with Crippen LogP contribution in [-0.2, 0) is 18.9 Å². The Morgan fingerprint density at radius 2 is 0.625 bits per heavy atom. The molecule has 0 aromatic heterocycles. The van der Waals surface area contributed by atoms with E-state index in [4.69, 9.17) is 18.9 Å². The molecule has 4 fully saturated rings. The second-order valence-corrected chi connectivity index (χ2v) is 4.72. The van der Waals surface area contributed by atoms with Crippen molar-refractivity contribution in [2.45, 2.75) is 51.4 Å². The van der Waals surface area contributed by atoms with Crippen LogP contribution in [0.3, 0.4) is 0 Å². The monoisotopic (exact) mass is 402 g/mol. The minimum absolute atomic E-state index is 0. The van der Waals surface area contributed by atoms with Gasteiger partial charge in [-0.25, -0.2) is 26.4 Å². The zero-order chi connectivity index (χ0) is 14.1. The van der Waals surface area contributed by atoms with Gasteiger partial charge in [0.15, 0.2) is 0 Å². The molecule has 0 radical (unpaired) electrons. The first kappa shape index (κ1) is 33.5. The third-order valence-corrected chi connectivity index (χ3v) is 2.81. The molecule has 4 saturated heterocycles. The Morgan fingerprint density at radius 3 is 0.667 bits per heavy atom. The average Bonchev–Trinajstić information content (AvgIpc) is 3.40. The van der Waals surface area contributed by atoms with Crippen LogP contribution in [0, 0.1) is 26.4 Å². The summed E-state index contributed by atoms with van der Waals surface area (Å²) in [6.07, 6.45) is 9.50. The molecule has 4 rings (SSSR count). The third-order valence-electron chi connectivity index (χ3n) is 2.81. The normalized spacial score (nSPS) is 20.0. The van der Waals surface area contributed by atoms with Crippen LogP contribution in [0.1, 0.15) is 51.4 Å². The van der Waals surface area contributed by atoms with Crippen molar-refractivity contribution >= 4 is 46.1 Å². The Kier molecular flexibility index (Phi) is 41.5. The molecule has 4 aliphatic rings. The van der Waals surface area contributed by atoms with E-state index in [1.54, 1.807) is 0 Å². The van der Waals surface area contributed by atoms with Gasteiger partial charge in [0.1, 0.15) is 0 Å². The van der Waals surface area contributed by atoms with Crippen molar-refractivity contribution < 1.29 is 43.8 Å². The van der Waals surface area contributed by atoms with E-state index in [1.165, 1.54) is 25.7 Å². The van der Waals surface area contributed by atoms with Gasteiger partial charge in [-0.1, -0.05) is 25.7 Å². The number of rotatable bonds is 0. The molecule has 4 aliphatic heterocycles. The van der Waals surface area contributed by atoms with Crippen molar-refractivity contribution in [3.05, 3.63) is 26.4 Å². The van der Waals surface area contributed by atoms with Gasteiger partial charge in [-0.2, -0.15) is 25.7 Å². The van der Waals surface area contributed by atoms with Crippen molar-refractivity contribution in [3.63, 3.8) is 0 Å². The van der Waals surface area contributed by atoms with Crippen LogP contribution >= 0.6 is 0 Å². The van der Waals surface area contributed by atoms with Gasteiger partial charge in [0.25, 0.3) is 0 Å². The van der Waals surface area contributed by atoms with Crippen molar-refractivity contribution in [1.82, 2.24) is 0 Å². The van der Waals surface area contributed by atoms with Gasteiger partial charge in [-0.15, -0.1) is 0 Å². The van der Waals surface area contributed by atoms with E-state index >= 15 is 0 Å². The van der Waals surface area contributed by atoms with Crippen LogP contribution in [0.5, 0.6) is 0 Å². The van der Waals surface area contributed by atoms with Crippen LogP contribution in [0.2, 0.25) is 0 Å². The Bertz CT molecular complexity index is 120. The topological polar surface area (TPSA) is 36.9 Å². The maximum absolute atomic E-state index is 4.82. The van der Waals surface area contributed by atoms with Gasteiger partial charge >= 0.3 is 46.1 Å². The number of hydrogen-bond donors (Lipinski definition) is 0. The second-order valence-electron chi connectivity index (χ2n) is 4.72. The second kappa shape index (κ2) is 29.7. The van der Waals surface area contributed by atoms with Gasteiger partial charge in [0.05, 0.1) is 0 Å². The number of halogens is 2. The van der Waals surface area contributed by atoms with Crippen molar-refractivity contribution in [2.24, 2.45) is 0 Å². The molecule has 0 unspecified atom stereocenters. The summed E-state index contributed by atoms with van der Waals surface area (Å²) in [5, 5.41) is 0. The van der Waals surface area contributed by atoms with Crippen molar-refractivity contribution in [3.8, 4) is 0 Å². The van der Waals surface area contributed by atoms with E-state index in [2.05, 4.69) is 0 Å². The summed E-state index contributed by atoms with van der Waals surface area (Å²) >= 11 is 0. The van der Waals surface area contributed by atoms with Crippen molar-refractivity contribution in [1.29, 1.82) is 0 Å². The molecule has 0 bridgehead atoms. The predicted molar refractivity (Wildman–Crippen MR) is 89.5 cm³/mol. The molecule has 0 aliphatic carbocycles. The third kappa shape index (κ3) is 26.2. The molecule has 8 heteroatoms. The van der Waals surface area contributed by atoms with Crippen LogP contribution < -0.4 is 24.8 Å². The molecular formula is C16H28Cl2Mg2O4-2. The van der Waals surface area contributed by atoms with E-state index < -0.39 is 0 Å². The Morgan fingerprint density at radius 1 is 0.417 bits per heavy atom. The molecule has 0 saturated carbocycles. The molecule has 24 heavy (non-hydrogen) atoms. The first-order chi connectivity index (χ1) is 10.0. The fourth-order valence-corrected chi connectivity index (χ4v) is 1.67. The van der Waals surface area contributed by atoms with Crippen LogP contribution in [0.15, 0.2) is 0 Å². The van der Waals surface area contributed by atoms with E-state index in [0.717, 1.165) is 52.1 Å². The molecule has 136 valence electrons. The average molecular weight is 404 g/mol. The van der Waals surface area contributed by atoms with Gasteiger partial charge in [0, 0.05) is 26.4 Å².